The van der Waals surface area contributed by atoms with Gasteiger partial charge in [0.05, 0.1) is 27.9 Å². The summed E-state index contributed by atoms with van der Waals surface area (Å²) in [7, 11) is -3.26. The molecular formula is C24H23N3O3S2. The third-order valence-corrected chi connectivity index (χ3v) is 7.11. The second-order valence-electron chi connectivity index (χ2n) is 7.59. The van der Waals surface area contributed by atoms with Crippen molar-refractivity contribution in [1.82, 2.24) is 15.1 Å². The summed E-state index contributed by atoms with van der Waals surface area (Å²) in [6, 6.07) is 20.1. The monoisotopic (exact) mass is 465 g/mol. The number of amides is 1. The molecule has 8 heteroatoms. The second kappa shape index (κ2) is 9.10. The number of hydrogen-bond donors (Lipinski definition) is 1. The number of aromatic nitrogens is 2. The van der Waals surface area contributed by atoms with E-state index in [-0.39, 0.29) is 16.8 Å². The third-order valence-electron chi connectivity index (χ3n) is 5.10. The van der Waals surface area contributed by atoms with Gasteiger partial charge >= 0.3 is 0 Å². The molecule has 32 heavy (non-hydrogen) atoms. The van der Waals surface area contributed by atoms with Crippen molar-refractivity contribution in [2.24, 2.45) is 0 Å². The quantitative estimate of drug-likeness (QED) is 0.434. The Morgan fingerprint density at radius 2 is 1.78 bits per heavy atom. The molecule has 6 nitrogen and oxygen atoms in total. The summed E-state index contributed by atoms with van der Waals surface area (Å²) in [6.07, 6.45) is 2.95. The lowest BCUT2D eigenvalue weighted by molar-refractivity contribution is 0.0940. The van der Waals surface area contributed by atoms with Crippen LogP contribution in [0.1, 0.15) is 34.5 Å². The fourth-order valence-corrected chi connectivity index (χ4v) is 4.75. The molecule has 0 saturated heterocycles. The molecule has 1 atom stereocenters. The van der Waals surface area contributed by atoms with Crippen LogP contribution in [0.4, 0.5) is 0 Å². The minimum atomic E-state index is -3.26. The van der Waals surface area contributed by atoms with Crippen LogP contribution in [-0.2, 0) is 16.4 Å². The fraction of sp³-hybridized carbons (Fsp3) is 0.167. The smallest absolute Gasteiger partial charge is 0.255 e. The van der Waals surface area contributed by atoms with Crippen LogP contribution in [0.5, 0.6) is 0 Å². The zero-order valence-corrected chi connectivity index (χ0v) is 19.4. The van der Waals surface area contributed by atoms with E-state index in [0.717, 1.165) is 16.0 Å². The highest BCUT2D eigenvalue weighted by Gasteiger charge is 2.21. The van der Waals surface area contributed by atoms with E-state index in [9.17, 15) is 13.2 Å². The predicted octanol–water partition coefficient (Wildman–Crippen LogP) is 4.55. The van der Waals surface area contributed by atoms with Crippen molar-refractivity contribution >= 4 is 27.1 Å². The molecule has 0 fully saturated rings. The first kappa shape index (κ1) is 22.0. The standard InChI is InChI=1S/C24H23N3O3S2/c1-17(19-10-12-20(13-11-19)32(2,29)30)25-24(28)21-16-27(15-18-7-4-3-5-8-18)26-23(21)22-9-6-14-31-22/h3-14,16-17H,15H2,1-2H3,(H,25,28). The van der Waals surface area contributed by atoms with Crippen LogP contribution < -0.4 is 5.32 Å². The number of carbonyl (C=O) groups is 1. The first-order chi connectivity index (χ1) is 15.3. The van der Waals surface area contributed by atoms with E-state index in [1.807, 2.05) is 54.8 Å². The lowest BCUT2D eigenvalue weighted by atomic mass is 10.1. The minimum Gasteiger partial charge on any atom is -0.345 e. The van der Waals surface area contributed by atoms with E-state index >= 15 is 0 Å². The minimum absolute atomic E-state index is 0.229. The highest BCUT2D eigenvalue weighted by Crippen LogP contribution is 2.27. The SMILES string of the molecule is CC(NC(=O)c1cn(Cc2ccccc2)nc1-c1cccs1)c1ccc(S(C)(=O)=O)cc1. The number of sulfone groups is 1. The van der Waals surface area contributed by atoms with Crippen LogP contribution >= 0.6 is 11.3 Å². The topological polar surface area (TPSA) is 81.1 Å². The summed E-state index contributed by atoms with van der Waals surface area (Å²) in [4.78, 5) is 14.4. The number of nitrogens with zero attached hydrogens (tertiary/aromatic N) is 2. The van der Waals surface area contributed by atoms with Gasteiger partial charge in [-0.15, -0.1) is 11.3 Å². The van der Waals surface area contributed by atoms with E-state index in [2.05, 4.69) is 10.4 Å². The molecule has 0 spiro atoms. The molecule has 2 heterocycles. The number of thiophene rings is 1. The number of benzene rings is 2. The van der Waals surface area contributed by atoms with E-state index in [0.29, 0.717) is 17.8 Å². The molecule has 164 valence electrons. The van der Waals surface area contributed by atoms with Crippen molar-refractivity contribution in [3.05, 3.63) is 95.0 Å². The normalized spacial score (nSPS) is 12.4. The second-order valence-corrected chi connectivity index (χ2v) is 10.6. The zero-order chi connectivity index (χ0) is 22.7. The van der Waals surface area contributed by atoms with E-state index in [4.69, 9.17) is 0 Å². The van der Waals surface area contributed by atoms with Gasteiger partial charge in [0, 0.05) is 12.5 Å². The molecule has 4 aromatic rings. The number of nitrogens with one attached hydrogen (secondary N) is 1. The van der Waals surface area contributed by atoms with Gasteiger partial charge < -0.3 is 5.32 Å². The van der Waals surface area contributed by atoms with Gasteiger partial charge in [-0.05, 0) is 41.6 Å². The number of rotatable bonds is 7. The highest BCUT2D eigenvalue weighted by atomic mass is 32.2. The zero-order valence-electron chi connectivity index (χ0n) is 17.7. The van der Waals surface area contributed by atoms with Crippen molar-refractivity contribution < 1.29 is 13.2 Å². The molecule has 2 aromatic carbocycles. The summed E-state index contributed by atoms with van der Waals surface area (Å²) < 4.78 is 25.1. The highest BCUT2D eigenvalue weighted by molar-refractivity contribution is 7.90. The van der Waals surface area contributed by atoms with E-state index < -0.39 is 9.84 Å². The Labute approximate surface area is 191 Å². The summed E-state index contributed by atoms with van der Waals surface area (Å²) in [5.74, 6) is -0.229. The van der Waals surface area contributed by atoms with Crippen LogP contribution in [0.15, 0.2) is 83.2 Å². The number of hydrogen-bond acceptors (Lipinski definition) is 5. The Morgan fingerprint density at radius 3 is 2.41 bits per heavy atom. The third kappa shape index (κ3) is 4.98. The lowest BCUT2D eigenvalue weighted by Crippen LogP contribution is -2.26. The average molecular weight is 466 g/mol. The van der Waals surface area contributed by atoms with Gasteiger partial charge in [0.1, 0.15) is 5.69 Å². The fourth-order valence-electron chi connectivity index (χ4n) is 3.40. The van der Waals surface area contributed by atoms with Gasteiger partial charge in [0.15, 0.2) is 9.84 Å². The molecule has 4 rings (SSSR count). The van der Waals surface area contributed by atoms with Crippen molar-refractivity contribution in [2.45, 2.75) is 24.4 Å². The molecule has 0 aliphatic carbocycles. The largest absolute Gasteiger partial charge is 0.345 e. The Hall–Kier alpha value is -3.23. The molecule has 0 aliphatic heterocycles. The van der Waals surface area contributed by atoms with Gasteiger partial charge in [-0.3, -0.25) is 9.48 Å². The average Bonchev–Trinajstić information content (AvgIpc) is 3.44. The van der Waals surface area contributed by atoms with Crippen LogP contribution in [0, 0.1) is 0 Å². The maximum Gasteiger partial charge on any atom is 0.255 e. The number of carbonyl (C=O) groups excluding carboxylic acids is 1. The van der Waals surface area contributed by atoms with Crippen molar-refractivity contribution in [1.29, 1.82) is 0 Å². The van der Waals surface area contributed by atoms with Gasteiger partial charge in [0.25, 0.3) is 5.91 Å². The van der Waals surface area contributed by atoms with Gasteiger partial charge in [0.2, 0.25) is 0 Å². The van der Waals surface area contributed by atoms with Crippen LogP contribution in [0.25, 0.3) is 10.6 Å². The summed E-state index contributed by atoms with van der Waals surface area (Å²) in [5.41, 5.74) is 3.06. The molecular weight excluding hydrogens is 442 g/mol. The predicted molar refractivity (Wildman–Crippen MR) is 127 cm³/mol. The van der Waals surface area contributed by atoms with Gasteiger partial charge in [-0.2, -0.15) is 5.10 Å². The Balaban J connectivity index is 1.58. The molecule has 2 aromatic heterocycles. The Morgan fingerprint density at radius 1 is 1.06 bits per heavy atom. The molecule has 0 aliphatic rings. The first-order valence-corrected chi connectivity index (χ1v) is 12.8. The van der Waals surface area contributed by atoms with Gasteiger partial charge in [-0.25, -0.2) is 8.42 Å². The lowest BCUT2D eigenvalue weighted by Gasteiger charge is -2.14. The first-order valence-electron chi connectivity index (χ1n) is 10.1. The van der Waals surface area contributed by atoms with Crippen LogP contribution in [0.3, 0.4) is 0 Å². The summed E-state index contributed by atoms with van der Waals surface area (Å²) >= 11 is 1.53. The summed E-state index contributed by atoms with van der Waals surface area (Å²) in [5, 5.41) is 9.66. The molecule has 1 N–H and O–H groups in total. The molecule has 0 saturated carbocycles. The van der Waals surface area contributed by atoms with Crippen molar-refractivity contribution in [3.8, 4) is 10.6 Å². The molecule has 1 amide bonds. The van der Waals surface area contributed by atoms with Crippen LogP contribution in [0.2, 0.25) is 0 Å². The van der Waals surface area contributed by atoms with Crippen molar-refractivity contribution in [3.63, 3.8) is 0 Å². The molecule has 0 bridgehead atoms. The Bertz CT molecular complexity index is 1310. The molecule has 1 unspecified atom stereocenters. The van der Waals surface area contributed by atoms with E-state index in [1.165, 1.54) is 17.6 Å². The summed E-state index contributed by atoms with van der Waals surface area (Å²) in [6.45, 7) is 2.43. The van der Waals surface area contributed by atoms with Gasteiger partial charge in [-0.1, -0.05) is 48.5 Å². The van der Waals surface area contributed by atoms with Crippen molar-refractivity contribution in [2.75, 3.05) is 6.26 Å². The maximum absolute atomic E-state index is 13.2. The van der Waals surface area contributed by atoms with E-state index in [1.54, 1.807) is 35.1 Å². The van der Waals surface area contributed by atoms with Crippen LogP contribution in [-0.4, -0.2) is 30.4 Å². The molecule has 0 radical (unpaired) electrons. The maximum atomic E-state index is 13.2. The Kier molecular flexibility index (Phi) is 6.25.